The van der Waals surface area contributed by atoms with Crippen LogP contribution in [0.3, 0.4) is 0 Å². The maximum Gasteiger partial charge on any atom is 0.355 e. The molecule has 0 rings (SSSR count). The zero-order valence-electron chi connectivity index (χ0n) is 8.27. The SMILES string of the molecule is C#CC(C)OP(=O)(C=C)OC(C)C#C. The van der Waals surface area contributed by atoms with E-state index in [1.807, 2.05) is 0 Å². The van der Waals surface area contributed by atoms with E-state index in [-0.39, 0.29) is 0 Å². The molecule has 76 valence electrons. The molecule has 14 heavy (non-hydrogen) atoms. The fraction of sp³-hybridized carbons (Fsp3) is 0.400. The Hall–Kier alpha value is -0.990. The summed E-state index contributed by atoms with van der Waals surface area (Å²) in [6, 6.07) is 0. The summed E-state index contributed by atoms with van der Waals surface area (Å²) in [5, 5.41) is 0. The minimum atomic E-state index is -3.37. The van der Waals surface area contributed by atoms with E-state index in [0.717, 1.165) is 5.82 Å². The van der Waals surface area contributed by atoms with Gasteiger partial charge < -0.3 is 0 Å². The molecule has 0 saturated carbocycles. The summed E-state index contributed by atoms with van der Waals surface area (Å²) < 4.78 is 21.8. The summed E-state index contributed by atoms with van der Waals surface area (Å²) in [4.78, 5) is 0. The molecule has 0 aliphatic heterocycles. The van der Waals surface area contributed by atoms with Crippen molar-refractivity contribution in [2.45, 2.75) is 26.1 Å². The van der Waals surface area contributed by atoms with Gasteiger partial charge in [0.25, 0.3) is 0 Å². The lowest BCUT2D eigenvalue weighted by Crippen LogP contribution is -2.08. The van der Waals surface area contributed by atoms with Gasteiger partial charge in [0.05, 0.1) is 0 Å². The number of hydrogen-bond acceptors (Lipinski definition) is 3. The van der Waals surface area contributed by atoms with Crippen molar-refractivity contribution < 1.29 is 13.6 Å². The normalized spacial score (nSPS) is 18.3. The summed E-state index contributed by atoms with van der Waals surface area (Å²) in [6.45, 7) is 6.52. The highest BCUT2D eigenvalue weighted by Gasteiger charge is 2.24. The van der Waals surface area contributed by atoms with E-state index in [1.165, 1.54) is 0 Å². The van der Waals surface area contributed by atoms with Gasteiger partial charge in [0.1, 0.15) is 12.2 Å². The summed E-state index contributed by atoms with van der Waals surface area (Å²) in [6.07, 6.45) is 8.93. The Bertz CT molecular complexity index is 295. The summed E-state index contributed by atoms with van der Waals surface area (Å²) in [7, 11) is -3.37. The van der Waals surface area contributed by atoms with Crippen LogP contribution in [0.15, 0.2) is 12.4 Å². The molecular formula is C10H13O3P. The van der Waals surface area contributed by atoms with E-state index in [9.17, 15) is 4.57 Å². The van der Waals surface area contributed by atoms with Crippen LogP contribution in [-0.4, -0.2) is 12.2 Å². The van der Waals surface area contributed by atoms with Gasteiger partial charge in [0.15, 0.2) is 0 Å². The van der Waals surface area contributed by atoms with Gasteiger partial charge in [-0.25, -0.2) is 0 Å². The summed E-state index contributed by atoms with van der Waals surface area (Å²) in [5.74, 6) is 5.64. The van der Waals surface area contributed by atoms with Gasteiger partial charge in [-0.2, -0.15) is 0 Å². The third kappa shape index (κ3) is 4.30. The van der Waals surface area contributed by atoms with Crippen LogP contribution in [0.25, 0.3) is 0 Å². The maximum absolute atomic E-state index is 11.8. The summed E-state index contributed by atoms with van der Waals surface area (Å²) >= 11 is 0. The Morgan fingerprint density at radius 2 is 1.64 bits per heavy atom. The lowest BCUT2D eigenvalue weighted by atomic mass is 10.4. The molecule has 2 unspecified atom stereocenters. The number of hydrogen-bond donors (Lipinski definition) is 0. The standard InChI is InChI=1S/C10H13O3P/c1-6-9(4)12-14(11,8-3)13-10(5)7-2/h1-2,8-10H,3H2,4-5H3. The van der Waals surface area contributed by atoms with Crippen LogP contribution in [0.5, 0.6) is 0 Å². The lowest BCUT2D eigenvalue weighted by Gasteiger charge is -2.18. The first-order valence-corrected chi connectivity index (χ1v) is 5.61. The predicted molar refractivity (Wildman–Crippen MR) is 56.6 cm³/mol. The molecule has 0 heterocycles. The molecule has 0 fully saturated rings. The van der Waals surface area contributed by atoms with Crippen LogP contribution >= 0.6 is 7.60 Å². The van der Waals surface area contributed by atoms with E-state index in [0.29, 0.717) is 0 Å². The molecule has 2 atom stereocenters. The van der Waals surface area contributed by atoms with Crippen LogP contribution < -0.4 is 0 Å². The smallest absolute Gasteiger partial charge is 0.289 e. The fourth-order valence-corrected chi connectivity index (χ4v) is 1.84. The second-order valence-corrected chi connectivity index (χ2v) is 4.42. The molecule has 3 nitrogen and oxygen atoms in total. The quantitative estimate of drug-likeness (QED) is 0.518. The lowest BCUT2D eigenvalue weighted by molar-refractivity contribution is 0.179. The third-order valence-corrected chi connectivity index (χ3v) is 2.97. The van der Waals surface area contributed by atoms with E-state index in [1.54, 1.807) is 13.8 Å². The minimum Gasteiger partial charge on any atom is -0.289 e. The largest absolute Gasteiger partial charge is 0.355 e. The van der Waals surface area contributed by atoms with E-state index >= 15 is 0 Å². The molecule has 0 spiro atoms. The molecule has 0 N–H and O–H groups in total. The van der Waals surface area contributed by atoms with Crippen LogP contribution in [0.1, 0.15) is 13.8 Å². The van der Waals surface area contributed by atoms with Crippen LogP contribution in [0.2, 0.25) is 0 Å². The van der Waals surface area contributed by atoms with Gasteiger partial charge in [-0.15, -0.1) is 12.8 Å². The van der Waals surface area contributed by atoms with Crippen molar-refractivity contribution in [3.05, 3.63) is 12.4 Å². The predicted octanol–water partition coefficient (Wildman–Crippen LogP) is 2.40. The van der Waals surface area contributed by atoms with Crippen molar-refractivity contribution in [1.82, 2.24) is 0 Å². The second kappa shape index (κ2) is 5.68. The molecular weight excluding hydrogens is 199 g/mol. The molecule has 0 aromatic carbocycles. The molecule has 0 aromatic heterocycles. The Morgan fingerprint density at radius 1 is 1.29 bits per heavy atom. The summed E-state index contributed by atoms with van der Waals surface area (Å²) in [5.41, 5.74) is 0. The molecule has 4 heteroatoms. The zero-order chi connectivity index (χ0) is 11.2. The van der Waals surface area contributed by atoms with Crippen LogP contribution in [-0.2, 0) is 13.6 Å². The second-order valence-electron chi connectivity index (χ2n) is 2.55. The molecule has 0 saturated heterocycles. The number of rotatable bonds is 5. The van der Waals surface area contributed by atoms with Gasteiger partial charge >= 0.3 is 7.60 Å². The Balaban J connectivity index is 4.52. The molecule has 0 bridgehead atoms. The molecule has 0 amide bonds. The van der Waals surface area contributed by atoms with Gasteiger partial charge in [-0.1, -0.05) is 18.4 Å². The zero-order valence-corrected chi connectivity index (χ0v) is 9.16. The molecule has 0 aliphatic rings. The highest BCUT2D eigenvalue weighted by atomic mass is 31.2. The van der Waals surface area contributed by atoms with Crippen LogP contribution in [0.4, 0.5) is 0 Å². The Morgan fingerprint density at radius 3 is 1.86 bits per heavy atom. The first-order chi connectivity index (χ1) is 6.47. The van der Waals surface area contributed by atoms with Gasteiger partial charge in [0, 0.05) is 5.82 Å². The minimum absolute atomic E-state index is 0.608. The van der Waals surface area contributed by atoms with Gasteiger partial charge in [-0.05, 0) is 13.8 Å². The first kappa shape index (κ1) is 13.0. The van der Waals surface area contributed by atoms with E-state index in [2.05, 4.69) is 18.4 Å². The van der Waals surface area contributed by atoms with Crippen molar-refractivity contribution in [2.24, 2.45) is 0 Å². The van der Waals surface area contributed by atoms with Crippen molar-refractivity contribution in [1.29, 1.82) is 0 Å². The first-order valence-electron chi connectivity index (χ1n) is 3.99. The number of terminal acetylenes is 2. The molecule has 0 radical (unpaired) electrons. The Kier molecular flexibility index (Phi) is 5.28. The van der Waals surface area contributed by atoms with Gasteiger partial charge in [-0.3, -0.25) is 13.6 Å². The average molecular weight is 212 g/mol. The van der Waals surface area contributed by atoms with Crippen molar-refractivity contribution in [2.75, 3.05) is 0 Å². The average Bonchev–Trinajstić information content (AvgIpc) is 2.17. The van der Waals surface area contributed by atoms with Crippen molar-refractivity contribution in [3.8, 4) is 24.7 Å². The van der Waals surface area contributed by atoms with E-state index in [4.69, 9.17) is 21.9 Å². The maximum atomic E-state index is 11.8. The topological polar surface area (TPSA) is 35.5 Å². The monoisotopic (exact) mass is 212 g/mol. The van der Waals surface area contributed by atoms with Crippen LogP contribution in [0, 0.1) is 24.7 Å². The molecule has 0 aliphatic carbocycles. The van der Waals surface area contributed by atoms with Gasteiger partial charge in [0.2, 0.25) is 0 Å². The van der Waals surface area contributed by atoms with Crippen molar-refractivity contribution >= 4 is 7.60 Å². The molecule has 0 aromatic rings. The third-order valence-electron chi connectivity index (χ3n) is 1.30. The highest BCUT2D eigenvalue weighted by molar-refractivity contribution is 7.57. The van der Waals surface area contributed by atoms with Crippen molar-refractivity contribution in [3.63, 3.8) is 0 Å². The fourth-order valence-electron chi connectivity index (χ4n) is 0.613. The Labute approximate surface area is 85.0 Å². The highest BCUT2D eigenvalue weighted by Crippen LogP contribution is 2.51. The van der Waals surface area contributed by atoms with E-state index < -0.39 is 19.8 Å².